The maximum absolute atomic E-state index is 9.63. The van der Waals surface area contributed by atoms with Gasteiger partial charge in [0, 0.05) is 36.9 Å². The summed E-state index contributed by atoms with van der Waals surface area (Å²) in [5, 5.41) is 17.6. The molecule has 0 atom stereocenters. The first-order chi connectivity index (χ1) is 8.16. The number of nitrogens with zero attached hydrogens (tertiary/aromatic N) is 2. The number of benzene rings is 1. The number of rotatable bonds is 4. The number of aromatic hydroxyl groups is 1. The molecule has 0 amide bonds. The Morgan fingerprint density at radius 1 is 1.35 bits per heavy atom. The minimum absolute atomic E-state index is 0.256. The first-order valence-electron chi connectivity index (χ1n) is 5.32. The first kappa shape index (κ1) is 12.0. The highest BCUT2D eigenvalue weighted by atomic mass is 35.5. The normalized spacial score (nSPS) is 10.7. The van der Waals surface area contributed by atoms with Crippen molar-refractivity contribution in [1.82, 2.24) is 15.1 Å². The molecule has 1 aromatic carbocycles. The molecule has 0 aliphatic heterocycles. The van der Waals surface area contributed by atoms with E-state index in [-0.39, 0.29) is 5.75 Å². The predicted octanol–water partition coefficient (Wildman–Crippen LogP) is 2.07. The van der Waals surface area contributed by atoms with E-state index in [0.717, 1.165) is 11.3 Å². The van der Waals surface area contributed by atoms with E-state index in [1.54, 1.807) is 24.4 Å². The van der Waals surface area contributed by atoms with Crippen LogP contribution in [0.5, 0.6) is 5.75 Å². The number of nitrogens with one attached hydrogen (secondary N) is 1. The lowest BCUT2D eigenvalue weighted by atomic mass is 10.2. The molecule has 2 rings (SSSR count). The van der Waals surface area contributed by atoms with Gasteiger partial charge >= 0.3 is 0 Å². The van der Waals surface area contributed by atoms with Crippen molar-refractivity contribution in [1.29, 1.82) is 0 Å². The minimum atomic E-state index is 0.256. The van der Waals surface area contributed by atoms with Gasteiger partial charge in [0.25, 0.3) is 0 Å². The summed E-state index contributed by atoms with van der Waals surface area (Å²) in [6.45, 7) is 1.26. The van der Waals surface area contributed by atoms with Crippen LogP contribution in [-0.4, -0.2) is 14.9 Å². The number of hydrogen-bond acceptors (Lipinski definition) is 3. The lowest BCUT2D eigenvalue weighted by molar-refractivity contribution is 0.464. The summed E-state index contributed by atoms with van der Waals surface area (Å²) >= 11 is 5.87. The lowest BCUT2D eigenvalue weighted by Crippen LogP contribution is -2.15. The Kier molecular flexibility index (Phi) is 3.66. The molecule has 0 saturated carbocycles. The molecule has 0 fully saturated rings. The van der Waals surface area contributed by atoms with Gasteiger partial charge in [-0.1, -0.05) is 11.6 Å². The summed E-state index contributed by atoms with van der Waals surface area (Å²) in [7, 11) is 1.90. The van der Waals surface area contributed by atoms with Gasteiger partial charge in [-0.2, -0.15) is 5.10 Å². The van der Waals surface area contributed by atoms with Crippen LogP contribution in [0.3, 0.4) is 0 Å². The highest BCUT2D eigenvalue weighted by Gasteiger charge is 2.03. The zero-order valence-electron chi connectivity index (χ0n) is 9.52. The Morgan fingerprint density at radius 3 is 2.88 bits per heavy atom. The number of halogens is 1. The fourth-order valence-corrected chi connectivity index (χ4v) is 1.79. The molecule has 0 saturated heterocycles. The van der Waals surface area contributed by atoms with Crippen molar-refractivity contribution < 1.29 is 5.11 Å². The maximum Gasteiger partial charge on any atom is 0.120 e. The summed E-state index contributed by atoms with van der Waals surface area (Å²) in [6.07, 6.45) is 1.76. The van der Waals surface area contributed by atoms with E-state index in [4.69, 9.17) is 11.6 Å². The molecule has 4 nitrogen and oxygen atoms in total. The Labute approximate surface area is 105 Å². The van der Waals surface area contributed by atoms with Crippen LogP contribution in [0.1, 0.15) is 11.3 Å². The van der Waals surface area contributed by atoms with Gasteiger partial charge in [-0.05, 0) is 24.3 Å². The second-order valence-corrected chi connectivity index (χ2v) is 4.26. The number of phenols is 1. The van der Waals surface area contributed by atoms with E-state index >= 15 is 0 Å². The molecule has 0 aliphatic rings. The molecular weight excluding hydrogens is 238 g/mol. The Morgan fingerprint density at radius 2 is 2.18 bits per heavy atom. The zero-order valence-corrected chi connectivity index (χ0v) is 10.3. The fourth-order valence-electron chi connectivity index (χ4n) is 1.60. The lowest BCUT2D eigenvalue weighted by Gasteiger charge is -2.07. The molecule has 0 bridgehead atoms. The molecule has 1 aromatic heterocycles. The molecule has 0 unspecified atom stereocenters. The average molecular weight is 252 g/mol. The zero-order chi connectivity index (χ0) is 12.3. The molecule has 1 heterocycles. The van der Waals surface area contributed by atoms with Crippen molar-refractivity contribution >= 4 is 11.6 Å². The third kappa shape index (κ3) is 2.99. The quantitative estimate of drug-likeness (QED) is 0.875. The second-order valence-electron chi connectivity index (χ2n) is 3.82. The molecule has 5 heteroatoms. The van der Waals surface area contributed by atoms with Crippen LogP contribution in [0.15, 0.2) is 30.5 Å². The maximum atomic E-state index is 9.63. The van der Waals surface area contributed by atoms with Crippen molar-refractivity contribution in [2.24, 2.45) is 7.05 Å². The predicted molar refractivity (Wildman–Crippen MR) is 66.9 cm³/mol. The Balaban J connectivity index is 1.94. The SMILES string of the molecule is Cn1nccc1CNCc1cc(Cl)ccc1O. The van der Waals surface area contributed by atoms with E-state index in [2.05, 4.69) is 10.4 Å². The van der Waals surface area contributed by atoms with Gasteiger partial charge < -0.3 is 10.4 Å². The van der Waals surface area contributed by atoms with Gasteiger partial charge in [-0.25, -0.2) is 0 Å². The molecule has 90 valence electrons. The topological polar surface area (TPSA) is 50.1 Å². The molecule has 17 heavy (non-hydrogen) atoms. The van der Waals surface area contributed by atoms with E-state index < -0.39 is 0 Å². The van der Waals surface area contributed by atoms with Gasteiger partial charge in [0.2, 0.25) is 0 Å². The van der Waals surface area contributed by atoms with E-state index in [1.165, 1.54) is 0 Å². The van der Waals surface area contributed by atoms with Crippen molar-refractivity contribution in [2.45, 2.75) is 13.1 Å². The summed E-state index contributed by atoms with van der Waals surface area (Å²) in [4.78, 5) is 0. The van der Waals surface area contributed by atoms with Crippen molar-refractivity contribution in [2.75, 3.05) is 0 Å². The van der Waals surface area contributed by atoms with Crippen molar-refractivity contribution in [3.8, 4) is 5.75 Å². The molecular formula is C12H14ClN3O. The highest BCUT2D eigenvalue weighted by Crippen LogP contribution is 2.21. The second kappa shape index (κ2) is 5.21. The summed E-state index contributed by atoms with van der Waals surface area (Å²) in [6, 6.07) is 6.98. The van der Waals surface area contributed by atoms with E-state index in [9.17, 15) is 5.11 Å². The number of aromatic nitrogens is 2. The molecule has 0 aliphatic carbocycles. The van der Waals surface area contributed by atoms with Gasteiger partial charge in [-0.15, -0.1) is 0 Å². The summed E-state index contributed by atoms with van der Waals surface area (Å²) < 4.78 is 1.81. The minimum Gasteiger partial charge on any atom is -0.508 e. The highest BCUT2D eigenvalue weighted by molar-refractivity contribution is 6.30. The van der Waals surface area contributed by atoms with Crippen LogP contribution in [0.2, 0.25) is 5.02 Å². The Hall–Kier alpha value is -1.52. The Bertz CT molecular complexity index is 510. The number of aryl methyl sites for hydroxylation is 1. The first-order valence-corrected chi connectivity index (χ1v) is 5.69. The standard InChI is InChI=1S/C12H14ClN3O/c1-16-11(4-5-15-16)8-14-7-9-6-10(13)2-3-12(9)17/h2-6,14,17H,7-8H2,1H3. The molecule has 0 spiro atoms. The van der Waals surface area contributed by atoms with E-state index in [1.807, 2.05) is 17.8 Å². The van der Waals surface area contributed by atoms with Crippen LogP contribution in [0.25, 0.3) is 0 Å². The van der Waals surface area contributed by atoms with Gasteiger partial charge in [0.1, 0.15) is 5.75 Å². The summed E-state index contributed by atoms with van der Waals surface area (Å²) in [5.74, 6) is 0.256. The van der Waals surface area contributed by atoms with Crippen LogP contribution >= 0.6 is 11.6 Å². The third-order valence-electron chi connectivity index (χ3n) is 2.59. The van der Waals surface area contributed by atoms with Crippen molar-refractivity contribution in [3.63, 3.8) is 0 Å². The average Bonchev–Trinajstić information content (AvgIpc) is 2.70. The molecule has 0 radical (unpaired) electrons. The number of hydrogen-bond donors (Lipinski definition) is 2. The third-order valence-corrected chi connectivity index (χ3v) is 2.82. The smallest absolute Gasteiger partial charge is 0.120 e. The van der Waals surface area contributed by atoms with Crippen LogP contribution in [-0.2, 0) is 20.1 Å². The number of phenolic OH excluding ortho intramolecular Hbond substituents is 1. The van der Waals surface area contributed by atoms with Crippen LogP contribution in [0, 0.1) is 0 Å². The van der Waals surface area contributed by atoms with Crippen LogP contribution in [0.4, 0.5) is 0 Å². The van der Waals surface area contributed by atoms with Crippen molar-refractivity contribution in [3.05, 3.63) is 46.7 Å². The molecule has 2 aromatic rings. The fraction of sp³-hybridized carbons (Fsp3) is 0.250. The van der Waals surface area contributed by atoms with E-state index in [0.29, 0.717) is 18.1 Å². The largest absolute Gasteiger partial charge is 0.508 e. The van der Waals surface area contributed by atoms with Crippen LogP contribution < -0.4 is 5.32 Å². The monoisotopic (exact) mass is 251 g/mol. The molecule has 2 N–H and O–H groups in total. The van der Waals surface area contributed by atoms with Gasteiger partial charge in [0.15, 0.2) is 0 Å². The van der Waals surface area contributed by atoms with Gasteiger partial charge in [0.05, 0.1) is 5.69 Å². The summed E-state index contributed by atoms with van der Waals surface area (Å²) in [5.41, 5.74) is 1.88. The van der Waals surface area contributed by atoms with Gasteiger partial charge in [-0.3, -0.25) is 4.68 Å².